The van der Waals surface area contributed by atoms with E-state index in [1.807, 2.05) is 18.2 Å². The Morgan fingerprint density at radius 3 is 1.91 bits per heavy atom. The zero-order valence-corrected chi connectivity index (χ0v) is 24.7. The molecule has 6 aromatic carbocycles. The van der Waals surface area contributed by atoms with E-state index in [1.165, 1.54) is 5.39 Å². The number of para-hydroxylation sites is 4. The van der Waals surface area contributed by atoms with Gasteiger partial charge in [-0.2, -0.15) is 0 Å². The lowest BCUT2D eigenvalue weighted by Gasteiger charge is -2.13. The number of imidazole rings is 1. The highest BCUT2D eigenvalue weighted by molar-refractivity contribution is 6.21. The molecular formula is C41H25N5. The predicted molar refractivity (Wildman–Crippen MR) is 189 cm³/mol. The Labute approximate surface area is 263 Å². The van der Waals surface area contributed by atoms with E-state index in [0.29, 0.717) is 5.82 Å². The lowest BCUT2D eigenvalue weighted by atomic mass is 10.1. The van der Waals surface area contributed by atoms with Crippen LogP contribution in [0.15, 0.2) is 152 Å². The van der Waals surface area contributed by atoms with E-state index in [0.717, 1.165) is 77.4 Å². The minimum atomic E-state index is 0.702. The van der Waals surface area contributed by atoms with E-state index in [-0.39, 0.29) is 0 Å². The van der Waals surface area contributed by atoms with Crippen LogP contribution >= 0.6 is 0 Å². The summed E-state index contributed by atoms with van der Waals surface area (Å²) in [4.78, 5) is 15.4. The first-order valence-corrected chi connectivity index (χ1v) is 15.5. The van der Waals surface area contributed by atoms with E-state index < -0.39 is 0 Å². The quantitative estimate of drug-likeness (QED) is 0.207. The van der Waals surface area contributed by atoms with E-state index in [2.05, 4.69) is 142 Å². The molecule has 0 bridgehead atoms. The molecule has 4 heterocycles. The van der Waals surface area contributed by atoms with Gasteiger partial charge < -0.3 is 4.57 Å². The summed E-state index contributed by atoms with van der Waals surface area (Å²) in [6.07, 6.45) is 0. The first kappa shape index (κ1) is 25.0. The average Bonchev–Trinajstić information content (AvgIpc) is 3.68. The first-order chi connectivity index (χ1) is 22.8. The number of fused-ring (bicyclic) bond motifs is 11. The minimum Gasteiger partial charge on any atom is -0.307 e. The van der Waals surface area contributed by atoms with Crippen molar-refractivity contribution in [1.82, 2.24) is 23.9 Å². The van der Waals surface area contributed by atoms with Crippen LogP contribution in [0.1, 0.15) is 0 Å². The molecule has 46 heavy (non-hydrogen) atoms. The summed E-state index contributed by atoms with van der Waals surface area (Å²) in [6.45, 7) is 0. The fourth-order valence-corrected chi connectivity index (χ4v) is 7.09. The minimum absolute atomic E-state index is 0.702. The zero-order chi connectivity index (χ0) is 30.2. The van der Waals surface area contributed by atoms with E-state index >= 15 is 0 Å². The van der Waals surface area contributed by atoms with Crippen LogP contribution in [-0.4, -0.2) is 23.9 Å². The maximum atomic E-state index is 5.17. The molecule has 0 aliphatic heterocycles. The maximum absolute atomic E-state index is 5.17. The summed E-state index contributed by atoms with van der Waals surface area (Å²) in [6, 6.07) is 52.9. The molecule has 0 saturated heterocycles. The fraction of sp³-hybridized carbons (Fsp3) is 0. The van der Waals surface area contributed by atoms with Gasteiger partial charge in [0.2, 0.25) is 0 Å². The van der Waals surface area contributed by atoms with Crippen molar-refractivity contribution in [3.8, 4) is 28.3 Å². The van der Waals surface area contributed by atoms with Crippen molar-refractivity contribution in [2.24, 2.45) is 0 Å². The van der Waals surface area contributed by atoms with Crippen LogP contribution in [0.4, 0.5) is 0 Å². The van der Waals surface area contributed by atoms with Crippen LogP contribution in [0, 0.1) is 0 Å². The molecule has 0 N–H and O–H groups in total. The molecule has 10 rings (SSSR count). The fourth-order valence-electron chi connectivity index (χ4n) is 7.09. The second-order valence-corrected chi connectivity index (χ2v) is 11.7. The number of aromatic nitrogens is 5. The maximum Gasteiger partial charge on any atom is 0.160 e. The molecule has 0 radical (unpaired) electrons. The van der Waals surface area contributed by atoms with Gasteiger partial charge in [-0.3, -0.25) is 4.40 Å². The third-order valence-electron chi connectivity index (χ3n) is 9.07. The topological polar surface area (TPSA) is 48.0 Å². The van der Waals surface area contributed by atoms with Crippen molar-refractivity contribution in [3.63, 3.8) is 0 Å². The molecule has 0 unspecified atom stereocenters. The average molecular weight is 588 g/mol. The van der Waals surface area contributed by atoms with Crippen LogP contribution in [-0.2, 0) is 0 Å². The normalized spacial score (nSPS) is 11.9. The van der Waals surface area contributed by atoms with Gasteiger partial charge >= 0.3 is 0 Å². The van der Waals surface area contributed by atoms with Crippen molar-refractivity contribution >= 4 is 60.3 Å². The van der Waals surface area contributed by atoms with Gasteiger partial charge in [0.05, 0.1) is 38.8 Å². The standard InChI is InChI=1S/C41H25N5/c1-2-13-26(14-3-1)37-31-19-6-8-21-33(31)42-40(44-37)27-15-12-16-28(25-27)45-35-23-10-7-20-32(35)39-38(45)29-17-4-5-18-30(29)41-43-34-22-9-11-24-36(34)46(39)41/h1-25H. The van der Waals surface area contributed by atoms with Gasteiger partial charge in [-0.1, -0.05) is 115 Å². The molecule has 5 heteroatoms. The molecule has 10 aromatic rings. The van der Waals surface area contributed by atoms with Gasteiger partial charge in [-0.25, -0.2) is 15.0 Å². The number of nitrogens with zero attached hydrogens (tertiary/aromatic N) is 5. The summed E-state index contributed by atoms with van der Waals surface area (Å²) in [5.41, 5.74) is 11.4. The number of rotatable bonds is 3. The third-order valence-corrected chi connectivity index (χ3v) is 9.07. The molecule has 214 valence electrons. The molecule has 0 amide bonds. The molecular weight excluding hydrogens is 562 g/mol. The number of hydrogen-bond donors (Lipinski definition) is 0. The van der Waals surface area contributed by atoms with Gasteiger partial charge in [0, 0.05) is 38.4 Å². The Balaban J connectivity index is 1.30. The van der Waals surface area contributed by atoms with Crippen LogP contribution in [0.25, 0.3) is 88.6 Å². The lowest BCUT2D eigenvalue weighted by molar-refractivity contribution is 1.17. The molecule has 0 atom stereocenters. The molecule has 0 fully saturated rings. The molecule has 0 aliphatic rings. The van der Waals surface area contributed by atoms with Crippen LogP contribution < -0.4 is 0 Å². The van der Waals surface area contributed by atoms with Crippen molar-refractivity contribution in [3.05, 3.63) is 152 Å². The molecule has 0 aliphatic carbocycles. The Kier molecular flexibility index (Phi) is 5.22. The second-order valence-electron chi connectivity index (χ2n) is 11.7. The molecule has 0 spiro atoms. The van der Waals surface area contributed by atoms with Gasteiger partial charge in [0.25, 0.3) is 0 Å². The third kappa shape index (κ3) is 3.54. The predicted octanol–water partition coefficient (Wildman–Crippen LogP) is 10.0. The summed E-state index contributed by atoms with van der Waals surface area (Å²) < 4.78 is 4.73. The Morgan fingerprint density at radius 2 is 1.07 bits per heavy atom. The number of benzene rings is 6. The number of pyridine rings is 1. The van der Waals surface area contributed by atoms with Crippen LogP contribution in [0.3, 0.4) is 0 Å². The Bertz CT molecular complexity index is 2810. The van der Waals surface area contributed by atoms with Crippen LogP contribution in [0.5, 0.6) is 0 Å². The summed E-state index contributed by atoms with van der Waals surface area (Å²) in [5.74, 6) is 0.702. The highest BCUT2D eigenvalue weighted by Gasteiger charge is 2.21. The molecule has 0 saturated carbocycles. The monoisotopic (exact) mass is 587 g/mol. The summed E-state index contributed by atoms with van der Waals surface area (Å²) >= 11 is 0. The smallest absolute Gasteiger partial charge is 0.160 e. The molecule has 4 aromatic heterocycles. The van der Waals surface area contributed by atoms with Crippen molar-refractivity contribution in [2.75, 3.05) is 0 Å². The van der Waals surface area contributed by atoms with E-state index in [1.54, 1.807) is 0 Å². The van der Waals surface area contributed by atoms with Gasteiger partial charge in [0.15, 0.2) is 5.82 Å². The summed E-state index contributed by atoms with van der Waals surface area (Å²) in [5, 5.41) is 4.50. The van der Waals surface area contributed by atoms with Crippen molar-refractivity contribution in [2.45, 2.75) is 0 Å². The highest BCUT2D eigenvalue weighted by Crippen LogP contribution is 2.40. The lowest BCUT2D eigenvalue weighted by Crippen LogP contribution is -1.99. The van der Waals surface area contributed by atoms with Crippen molar-refractivity contribution < 1.29 is 0 Å². The van der Waals surface area contributed by atoms with Crippen molar-refractivity contribution in [1.29, 1.82) is 0 Å². The zero-order valence-electron chi connectivity index (χ0n) is 24.7. The Hall–Kier alpha value is -6.33. The molecule has 5 nitrogen and oxygen atoms in total. The number of hydrogen-bond acceptors (Lipinski definition) is 3. The van der Waals surface area contributed by atoms with E-state index in [9.17, 15) is 0 Å². The van der Waals surface area contributed by atoms with Gasteiger partial charge in [-0.15, -0.1) is 0 Å². The SMILES string of the molecule is c1ccc(-c2nc(-c3cccc(-n4c5ccccc5c5c4c4ccccc4c4nc6ccccc6n45)c3)nc3ccccc23)cc1. The van der Waals surface area contributed by atoms with E-state index in [4.69, 9.17) is 15.0 Å². The van der Waals surface area contributed by atoms with Gasteiger partial charge in [0.1, 0.15) is 5.65 Å². The summed E-state index contributed by atoms with van der Waals surface area (Å²) in [7, 11) is 0. The largest absolute Gasteiger partial charge is 0.307 e. The Morgan fingerprint density at radius 1 is 0.413 bits per heavy atom. The highest BCUT2D eigenvalue weighted by atomic mass is 15.1. The first-order valence-electron chi connectivity index (χ1n) is 15.5. The second kappa shape index (κ2) is 9.58. The van der Waals surface area contributed by atoms with Gasteiger partial charge in [-0.05, 0) is 36.4 Å². The van der Waals surface area contributed by atoms with Crippen LogP contribution in [0.2, 0.25) is 0 Å².